The minimum absolute atomic E-state index is 0.143. The number of hydrogen-bond acceptors (Lipinski definition) is 4. The van der Waals surface area contributed by atoms with Crippen LogP contribution < -0.4 is 9.88 Å². The Kier molecular flexibility index (Phi) is 4.17. The molecule has 0 amide bonds. The first-order valence-electron chi connectivity index (χ1n) is 6.09. The quantitative estimate of drug-likeness (QED) is 0.944. The minimum Gasteiger partial charge on any atom is -0.487 e. The summed E-state index contributed by atoms with van der Waals surface area (Å²) in [5, 5.41) is 6.88. The molecule has 0 atom stereocenters. The largest absolute Gasteiger partial charge is 0.487 e. The van der Waals surface area contributed by atoms with Crippen molar-refractivity contribution in [3.8, 4) is 5.75 Å². The van der Waals surface area contributed by atoms with Gasteiger partial charge < -0.3 is 4.74 Å². The highest BCUT2D eigenvalue weighted by Crippen LogP contribution is 2.28. The van der Waals surface area contributed by atoms with E-state index in [1.807, 2.05) is 32.9 Å². The zero-order valence-corrected chi connectivity index (χ0v) is 13.3. The lowest BCUT2D eigenvalue weighted by Crippen LogP contribution is -2.13. The van der Waals surface area contributed by atoms with E-state index < -0.39 is 10.0 Å². The molecule has 0 aliphatic rings. The number of primary sulfonamides is 1. The first-order valence-corrected chi connectivity index (χ1v) is 8.51. The van der Waals surface area contributed by atoms with E-state index in [9.17, 15) is 8.42 Å². The van der Waals surface area contributed by atoms with Gasteiger partial charge in [-0.25, -0.2) is 13.6 Å². The second-order valence-electron chi connectivity index (χ2n) is 4.77. The van der Waals surface area contributed by atoms with Crippen molar-refractivity contribution in [3.05, 3.63) is 45.1 Å². The average Bonchev–Trinajstić information content (AvgIpc) is 2.75. The second-order valence-corrected chi connectivity index (χ2v) is 7.30. The molecule has 4 nitrogen and oxygen atoms in total. The fourth-order valence-electron chi connectivity index (χ4n) is 2.22. The van der Waals surface area contributed by atoms with Crippen LogP contribution >= 0.6 is 11.3 Å². The van der Waals surface area contributed by atoms with E-state index in [0.29, 0.717) is 4.88 Å². The summed E-state index contributed by atoms with van der Waals surface area (Å²) in [6.07, 6.45) is 0. The van der Waals surface area contributed by atoms with Gasteiger partial charge in [0.2, 0.25) is 10.0 Å². The van der Waals surface area contributed by atoms with Gasteiger partial charge in [0, 0.05) is 0 Å². The molecule has 1 aromatic carbocycles. The van der Waals surface area contributed by atoms with Crippen LogP contribution in [-0.4, -0.2) is 8.42 Å². The Balaban J connectivity index is 2.25. The van der Waals surface area contributed by atoms with Gasteiger partial charge in [-0.3, -0.25) is 0 Å². The van der Waals surface area contributed by atoms with Crippen LogP contribution in [0.1, 0.15) is 21.6 Å². The molecule has 0 radical (unpaired) electrons. The van der Waals surface area contributed by atoms with Crippen LogP contribution in [0.3, 0.4) is 0 Å². The van der Waals surface area contributed by atoms with E-state index in [1.165, 1.54) is 23.0 Å². The number of sulfonamides is 1. The molecule has 1 aromatic heterocycles. The molecule has 0 saturated carbocycles. The third-order valence-electron chi connectivity index (χ3n) is 2.96. The highest BCUT2D eigenvalue weighted by molar-refractivity contribution is 7.89. The van der Waals surface area contributed by atoms with Crippen LogP contribution in [0.2, 0.25) is 0 Å². The Labute approximate surface area is 123 Å². The number of nitrogens with two attached hydrogens (primary N) is 1. The molecule has 0 saturated heterocycles. The SMILES string of the molecule is Cc1cc(C)c(OCc2sccc2S(N)(=O)=O)c(C)c1. The van der Waals surface area contributed by atoms with Gasteiger partial charge in [0.25, 0.3) is 0 Å². The molecule has 20 heavy (non-hydrogen) atoms. The lowest BCUT2D eigenvalue weighted by Gasteiger charge is -2.13. The standard InChI is InChI=1S/C14H17NO3S2/c1-9-6-10(2)14(11(3)7-9)18-8-12-13(4-5-19-12)20(15,16)17/h4-7H,8H2,1-3H3,(H2,15,16,17). The van der Waals surface area contributed by atoms with E-state index in [0.717, 1.165) is 16.9 Å². The monoisotopic (exact) mass is 311 g/mol. The topological polar surface area (TPSA) is 69.4 Å². The van der Waals surface area contributed by atoms with Gasteiger partial charge in [-0.15, -0.1) is 11.3 Å². The Morgan fingerprint density at radius 2 is 1.80 bits per heavy atom. The van der Waals surface area contributed by atoms with E-state index >= 15 is 0 Å². The maximum atomic E-state index is 11.4. The fraction of sp³-hybridized carbons (Fsp3) is 0.286. The van der Waals surface area contributed by atoms with Crippen molar-refractivity contribution in [2.24, 2.45) is 5.14 Å². The number of ether oxygens (including phenoxy) is 1. The Morgan fingerprint density at radius 1 is 1.20 bits per heavy atom. The van der Waals surface area contributed by atoms with Crippen molar-refractivity contribution in [2.75, 3.05) is 0 Å². The lowest BCUT2D eigenvalue weighted by molar-refractivity contribution is 0.302. The average molecular weight is 311 g/mol. The van der Waals surface area contributed by atoms with Crippen LogP contribution in [0.4, 0.5) is 0 Å². The number of aryl methyl sites for hydroxylation is 3. The minimum atomic E-state index is -3.69. The van der Waals surface area contributed by atoms with Gasteiger partial charge in [0.1, 0.15) is 12.4 Å². The summed E-state index contributed by atoms with van der Waals surface area (Å²) in [4.78, 5) is 0.761. The molecule has 2 rings (SSSR count). The first kappa shape index (κ1) is 15.0. The molecule has 2 aromatic rings. The van der Waals surface area contributed by atoms with Crippen LogP contribution in [0.5, 0.6) is 5.75 Å². The van der Waals surface area contributed by atoms with E-state index in [-0.39, 0.29) is 11.5 Å². The molecule has 0 unspecified atom stereocenters. The third-order valence-corrected chi connectivity index (χ3v) is 4.98. The second kappa shape index (κ2) is 5.55. The van der Waals surface area contributed by atoms with E-state index in [1.54, 1.807) is 5.38 Å². The van der Waals surface area contributed by atoms with Gasteiger partial charge in [-0.1, -0.05) is 17.7 Å². The number of rotatable bonds is 4. The number of hydrogen-bond donors (Lipinski definition) is 1. The fourth-order valence-corrected chi connectivity index (χ4v) is 4.11. The zero-order valence-electron chi connectivity index (χ0n) is 11.6. The van der Waals surface area contributed by atoms with Gasteiger partial charge >= 0.3 is 0 Å². The maximum Gasteiger partial charge on any atom is 0.239 e. The van der Waals surface area contributed by atoms with Crippen LogP contribution in [0, 0.1) is 20.8 Å². The Morgan fingerprint density at radius 3 is 2.35 bits per heavy atom. The molecule has 0 spiro atoms. The molecule has 0 bridgehead atoms. The van der Waals surface area contributed by atoms with Crippen LogP contribution in [-0.2, 0) is 16.6 Å². The molecule has 108 valence electrons. The molecule has 1 heterocycles. The van der Waals surface area contributed by atoms with Crippen molar-refractivity contribution in [1.82, 2.24) is 0 Å². The maximum absolute atomic E-state index is 11.4. The van der Waals surface area contributed by atoms with Gasteiger partial charge in [-0.2, -0.15) is 0 Å². The van der Waals surface area contributed by atoms with E-state index in [4.69, 9.17) is 9.88 Å². The summed E-state index contributed by atoms with van der Waals surface area (Å²) in [6, 6.07) is 5.59. The summed E-state index contributed by atoms with van der Waals surface area (Å²) in [5.74, 6) is 0.796. The number of benzene rings is 1. The zero-order chi connectivity index (χ0) is 14.9. The summed E-state index contributed by atoms with van der Waals surface area (Å²) in [5.41, 5.74) is 3.25. The molecule has 6 heteroatoms. The van der Waals surface area contributed by atoms with Gasteiger partial charge in [0.15, 0.2) is 0 Å². The first-order chi connectivity index (χ1) is 9.29. The number of thiophene rings is 1. The summed E-state index contributed by atoms with van der Waals surface area (Å²) in [6.45, 7) is 6.19. The van der Waals surface area contributed by atoms with E-state index in [2.05, 4.69) is 0 Å². The summed E-state index contributed by atoms with van der Waals surface area (Å²) < 4.78 is 28.7. The van der Waals surface area contributed by atoms with Gasteiger partial charge in [0.05, 0.1) is 9.77 Å². The third kappa shape index (κ3) is 3.20. The molecule has 0 fully saturated rings. The highest BCUT2D eigenvalue weighted by Gasteiger charge is 2.16. The van der Waals surface area contributed by atoms with Crippen LogP contribution in [0.15, 0.2) is 28.5 Å². The molecule has 0 aliphatic carbocycles. The highest BCUT2D eigenvalue weighted by atomic mass is 32.2. The smallest absolute Gasteiger partial charge is 0.239 e. The van der Waals surface area contributed by atoms with Crippen molar-refractivity contribution >= 4 is 21.4 Å². The predicted octanol–water partition coefficient (Wildman–Crippen LogP) is 2.90. The predicted molar refractivity (Wildman–Crippen MR) is 80.7 cm³/mol. The summed E-state index contributed by atoms with van der Waals surface area (Å²) in [7, 11) is -3.69. The van der Waals surface area contributed by atoms with Crippen LogP contribution in [0.25, 0.3) is 0 Å². The van der Waals surface area contributed by atoms with Crippen molar-refractivity contribution < 1.29 is 13.2 Å². The lowest BCUT2D eigenvalue weighted by atomic mass is 10.1. The van der Waals surface area contributed by atoms with Gasteiger partial charge in [-0.05, 0) is 43.3 Å². The van der Waals surface area contributed by atoms with Crippen molar-refractivity contribution in [2.45, 2.75) is 32.3 Å². The van der Waals surface area contributed by atoms with Crippen molar-refractivity contribution in [3.63, 3.8) is 0 Å². The summed E-state index contributed by atoms with van der Waals surface area (Å²) >= 11 is 1.33. The molecule has 0 aliphatic heterocycles. The molecule has 2 N–H and O–H groups in total. The normalized spacial score (nSPS) is 11.6. The molecular formula is C14H17NO3S2. The Bertz CT molecular complexity index is 710. The van der Waals surface area contributed by atoms with Crippen molar-refractivity contribution in [1.29, 1.82) is 0 Å². The molecular weight excluding hydrogens is 294 g/mol. The Hall–Kier alpha value is -1.37.